The van der Waals surface area contributed by atoms with Gasteiger partial charge < -0.3 is 10.6 Å². The number of carbonyl (C=O) groups excluding carboxylic acids is 1. The van der Waals surface area contributed by atoms with Crippen molar-refractivity contribution in [2.75, 3.05) is 20.1 Å². The van der Waals surface area contributed by atoms with Crippen molar-refractivity contribution < 1.29 is 4.79 Å². The zero-order valence-corrected chi connectivity index (χ0v) is 10.2. The van der Waals surface area contributed by atoms with Gasteiger partial charge in [-0.3, -0.25) is 9.78 Å². The van der Waals surface area contributed by atoms with Crippen LogP contribution in [0.2, 0.25) is 0 Å². The van der Waals surface area contributed by atoms with Crippen LogP contribution in [0.25, 0.3) is 0 Å². The van der Waals surface area contributed by atoms with Gasteiger partial charge in [0.05, 0.1) is 0 Å². The minimum absolute atomic E-state index is 0.137. The number of likely N-dealkylation sites (tertiary alicyclic amines) is 1. The van der Waals surface area contributed by atoms with Crippen LogP contribution in [0.3, 0.4) is 0 Å². The number of nitrogens with zero attached hydrogens (tertiary/aromatic N) is 2. The zero-order valence-electron chi connectivity index (χ0n) is 10.2. The summed E-state index contributed by atoms with van der Waals surface area (Å²) < 4.78 is 0. The van der Waals surface area contributed by atoms with E-state index in [1.807, 2.05) is 25.2 Å². The summed E-state index contributed by atoms with van der Waals surface area (Å²) in [5.74, 6) is 0.205. The van der Waals surface area contributed by atoms with Crippen LogP contribution in [0.5, 0.6) is 0 Å². The fourth-order valence-corrected chi connectivity index (χ4v) is 2.41. The van der Waals surface area contributed by atoms with Gasteiger partial charge in [-0.2, -0.15) is 0 Å². The highest BCUT2D eigenvalue weighted by Crippen LogP contribution is 2.33. The molecule has 2 rings (SSSR count). The zero-order chi connectivity index (χ0) is 12.3. The summed E-state index contributed by atoms with van der Waals surface area (Å²) in [4.78, 5) is 17.9. The van der Waals surface area contributed by atoms with Crippen molar-refractivity contribution >= 4 is 5.91 Å². The first-order valence-electron chi connectivity index (χ1n) is 6.03. The smallest absolute Gasteiger partial charge is 0.222 e. The van der Waals surface area contributed by atoms with E-state index < -0.39 is 0 Å². The third kappa shape index (κ3) is 2.31. The van der Waals surface area contributed by atoms with Crippen LogP contribution in [0.1, 0.15) is 25.0 Å². The number of nitrogens with two attached hydrogens (primary N) is 1. The van der Waals surface area contributed by atoms with Gasteiger partial charge in [0.1, 0.15) is 0 Å². The molecule has 1 saturated heterocycles. The number of hydrogen-bond donors (Lipinski definition) is 1. The minimum atomic E-state index is -0.137. The Morgan fingerprint density at radius 2 is 2.29 bits per heavy atom. The van der Waals surface area contributed by atoms with Gasteiger partial charge in [0.15, 0.2) is 0 Å². The van der Waals surface area contributed by atoms with Gasteiger partial charge in [-0.1, -0.05) is 6.07 Å². The third-order valence-electron chi connectivity index (χ3n) is 3.77. The largest absolute Gasteiger partial charge is 0.346 e. The lowest BCUT2D eigenvalue weighted by Crippen LogP contribution is -2.37. The van der Waals surface area contributed by atoms with Gasteiger partial charge in [0, 0.05) is 43.9 Å². The fourth-order valence-electron chi connectivity index (χ4n) is 2.41. The molecule has 0 aliphatic carbocycles. The second-order valence-electron chi connectivity index (χ2n) is 4.76. The van der Waals surface area contributed by atoms with Crippen LogP contribution < -0.4 is 5.73 Å². The second kappa shape index (κ2) is 4.84. The number of rotatable bonds is 2. The lowest BCUT2D eigenvalue weighted by Gasteiger charge is -2.30. The highest BCUT2D eigenvalue weighted by atomic mass is 16.2. The van der Waals surface area contributed by atoms with Crippen molar-refractivity contribution in [1.82, 2.24) is 9.88 Å². The number of carbonyl (C=O) groups is 1. The molecule has 1 atom stereocenters. The highest BCUT2D eigenvalue weighted by molar-refractivity contribution is 5.76. The summed E-state index contributed by atoms with van der Waals surface area (Å²) in [6.07, 6.45) is 4.04. The molecule has 2 N–H and O–H groups in total. The Morgan fingerprint density at radius 3 is 2.94 bits per heavy atom. The molecule has 0 radical (unpaired) electrons. The average Bonchev–Trinajstić information content (AvgIpc) is 2.53. The Bertz CT molecular complexity index is 393. The standard InChI is InChI=1S/C13H19N3O/c1-16-9-7-13(10-14,6-5-12(16)17)11-4-2-3-8-15-11/h2-4,8H,5-7,9-10,14H2,1H3. The first-order chi connectivity index (χ1) is 8.18. The maximum Gasteiger partial charge on any atom is 0.222 e. The first-order valence-corrected chi connectivity index (χ1v) is 6.03. The molecule has 0 spiro atoms. The van der Waals surface area contributed by atoms with E-state index in [4.69, 9.17) is 5.73 Å². The highest BCUT2D eigenvalue weighted by Gasteiger charge is 2.35. The number of aromatic nitrogens is 1. The molecule has 17 heavy (non-hydrogen) atoms. The molecule has 1 aliphatic heterocycles. The molecule has 1 fully saturated rings. The Morgan fingerprint density at radius 1 is 1.47 bits per heavy atom. The van der Waals surface area contributed by atoms with Gasteiger partial charge in [-0.25, -0.2) is 0 Å². The molecule has 0 aromatic carbocycles. The van der Waals surface area contributed by atoms with Crippen molar-refractivity contribution in [2.24, 2.45) is 5.73 Å². The predicted molar refractivity (Wildman–Crippen MR) is 66.5 cm³/mol. The molecule has 92 valence electrons. The van der Waals surface area contributed by atoms with Crippen molar-refractivity contribution in [3.8, 4) is 0 Å². The van der Waals surface area contributed by atoms with Crippen molar-refractivity contribution in [1.29, 1.82) is 0 Å². The van der Waals surface area contributed by atoms with E-state index in [1.165, 1.54) is 0 Å². The third-order valence-corrected chi connectivity index (χ3v) is 3.77. The van der Waals surface area contributed by atoms with E-state index in [1.54, 1.807) is 11.1 Å². The van der Waals surface area contributed by atoms with Crippen molar-refractivity contribution in [2.45, 2.75) is 24.7 Å². The van der Waals surface area contributed by atoms with Crippen LogP contribution in [0.4, 0.5) is 0 Å². The summed E-state index contributed by atoms with van der Waals surface area (Å²) in [5, 5.41) is 0. The lowest BCUT2D eigenvalue weighted by molar-refractivity contribution is -0.129. The molecule has 0 saturated carbocycles. The van der Waals surface area contributed by atoms with Gasteiger partial charge in [0.25, 0.3) is 0 Å². The van der Waals surface area contributed by atoms with E-state index in [9.17, 15) is 4.79 Å². The Balaban J connectivity index is 2.29. The first kappa shape index (κ1) is 12.0. The van der Waals surface area contributed by atoms with Crippen LogP contribution >= 0.6 is 0 Å². The second-order valence-corrected chi connectivity index (χ2v) is 4.76. The van der Waals surface area contributed by atoms with Crippen LogP contribution in [-0.4, -0.2) is 35.9 Å². The summed E-state index contributed by atoms with van der Waals surface area (Å²) in [7, 11) is 1.85. The summed E-state index contributed by atoms with van der Waals surface area (Å²) in [6, 6.07) is 5.90. The van der Waals surface area contributed by atoms with Crippen LogP contribution in [-0.2, 0) is 10.2 Å². The molecule has 4 nitrogen and oxygen atoms in total. The maximum absolute atomic E-state index is 11.7. The maximum atomic E-state index is 11.7. The van der Waals surface area contributed by atoms with E-state index in [2.05, 4.69) is 4.98 Å². The predicted octanol–water partition coefficient (Wildman–Crippen LogP) is 0.920. The molecule has 4 heteroatoms. The Hall–Kier alpha value is -1.42. The quantitative estimate of drug-likeness (QED) is 0.826. The minimum Gasteiger partial charge on any atom is -0.346 e. The summed E-state index contributed by atoms with van der Waals surface area (Å²) >= 11 is 0. The molecule has 1 aromatic rings. The Labute approximate surface area is 102 Å². The van der Waals surface area contributed by atoms with E-state index in [0.717, 1.165) is 25.1 Å². The molecule has 1 unspecified atom stereocenters. The van der Waals surface area contributed by atoms with E-state index in [-0.39, 0.29) is 11.3 Å². The molecule has 0 bridgehead atoms. The van der Waals surface area contributed by atoms with E-state index >= 15 is 0 Å². The molecular formula is C13H19N3O. The molecule has 1 aliphatic rings. The number of hydrogen-bond acceptors (Lipinski definition) is 3. The topological polar surface area (TPSA) is 59.2 Å². The van der Waals surface area contributed by atoms with Crippen molar-refractivity contribution in [3.05, 3.63) is 30.1 Å². The molecule has 1 amide bonds. The number of pyridine rings is 1. The van der Waals surface area contributed by atoms with Gasteiger partial charge >= 0.3 is 0 Å². The Kier molecular flexibility index (Phi) is 3.43. The molecule has 2 heterocycles. The number of amides is 1. The monoisotopic (exact) mass is 233 g/mol. The van der Waals surface area contributed by atoms with Gasteiger partial charge in [-0.05, 0) is 25.0 Å². The fraction of sp³-hybridized carbons (Fsp3) is 0.538. The SMILES string of the molecule is CN1CCC(CN)(c2ccccn2)CCC1=O. The normalized spacial score (nSPS) is 25.8. The molecule has 1 aromatic heterocycles. The average molecular weight is 233 g/mol. The van der Waals surface area contributed by atoms with Crippen LogP contribution in [0, 0.1) is 0 Å². The van der Waals surface area contributed by atoms with Crippen LogP contribution in [0.15, 0.2) is 24.4 Å². The summed E-state index contributed by atoms with van der Waals surface area (Å²) in [6.45, 7) is 1.30. The van der Waals surface area contributed by atoms with Gasteiger partial charge in [-0.15, -0.1) is 0 Å². The van der Waals surface area contributed by atoms with Crippen molar-refractivity contribution in [3.63, 3.8) is 0 Å². The lowest BCUT2D eigenvalue weighted by atomic mass is 9.77. The molecular weight excluding hydrogens is 214 g/mol. The van der Waals surface area contributed by atoms with E-state index in [0.29, 0.717) is 13.0 Å². The summed E-state index contributed by atoms with van der Waals surface area (Å²) in [5.41, 5.74) is 6.84. The van der Waals surface area contributed by atoms with Gasteiger partial charge in [0.2, 0.25) is 5.91 Å².